The molecule has 0 aliphatic carbocycles. The van der Waals surface area contributed by atoms with Gasteiger partial charge < -0.3 is 9.90 Å². The molecular weight excluding hydrogens is 168 g/mol. The summed E-state index contributed by atoms with van der Waals surface area (Å²) in [6, 6.07) is 0. The molecule has 0 aromatic rings. The van der Waals surface area contributed by atoms with Gasteiger partial charge in [0.1, 0.15) is 6.29 Å². The second kappa shape index (κ2) is 7.53. The van der Waals surface area contributed by atoms with Gasteiger partial charge in [0, 0.05) is 12.0 Å². The third kappa shape index (κ3) is 7.25. The monoisotopic (exact) mass is 184 g/mol. The van der Waals surface area contributed by atoms with Gasteiger partial charge in [0.15, 0.2) is 0 Å². The molecule has 0 fully saturated rings. The van der Waals surface area contributed by atoms with E-state index in [1.165, 1.54) is 0 Å². The fourth-order valence-corrected chi connectivity index (χ4v) is 1.03. The summed E-state index contributed by atoms with van der Waals surface area (Å²) in [5, 5.41) is 8.48. The molecule has 0 atom stereocenters. The number of carbonyl (C=O) groups excluding carboxylic acids is 1. The Kier molecular flexibility index (Phi) is 6.88. The van der Waals surface area contributed by atoms with E-state index in [0.29, 0.717) is 12.8 Å². The number of rotatable bonds is 8. The highest BCUT2D eigenvalue weighted by atomic mass is 16.4. The number of carbonyl (C=O) groups is 2. The Hall–Kier alpha value is -1.12. The summed E-state index contributed by atoms with van der Waals surface area (Å²) < 4.78 is 0. The minimum atomic E-state index is -0.909. The first kappa shape index (κ1) is 11.9. The van der Waals surface area contributed by atoms with Gasteiger partial charge in [0.05, 0.1) is 0 Å². The third-order valence-electron chi connectivity index (χ3n) is 1.85. The van der Waals surface area contributed by atoms with Crippen molar-refractivity contribution in [2.75, 3.05) is 0 Å². The summed E-state index contributed by atoms with van der Waals surface area (Å²) >= 11 is 0. The lowest BCUT2D eigenvalue weighted by atomic mass is 10.1. The Morgan fingerprint density at radius 1 is 1.23 bits per heavy atom. The number of unbranched alkanes of at least 4 members (excludes halogenated alkanes) is 4. The minimum absolute atomic E-state index is 0.274. The molecule has 0 bridgehead atoms. The number of hydrogen-bond donors (Lipinski definition) is 1. The van der Waals surface area contributed by atoms with E-state index < -0.39 is 5.97 Å². The van der Waals surface area contributed by atoms with E-state index in [9.17, 15) is 9.59 Å². The third-order valence-corrected chi connectivity index (χ3v) is 1.85. The van der Waals surface area contributed by atoms with E-state index in [1.807, 2.05) is 0 Å². The largest absolute Gasteiger partial charge is 0.478 e. The molecule has 3 heteroatoms. The van der Waals surface area contributed by atoms with Crippen molar-refractivity contribution >= 4 is 12.3 Å². The molecule has 0 aromatic heterocycles. The van der Waals surface area contributed by atoms with Crippen molar-refractivity contribution in [1.29, 1.82) is 0 Å². The van der Waals surface area contributed by atoms with E-state index >= 15 is 0 Å². The van der Waals surface area contributed by atoms with Crippen molar-refractivity contribution in [3.8, 4) is 0 Å². The normalized spacial score (nSPS) is 9.54. The molecule has 3 nitrogen and oxygen atoms in total. The first-order valence-electron chi connectivity index (χ1n) is 4.53. The first-order valence-corrected chi connectivity index (χ1v) is 4.53. The van der Waals surface area contributed by atoms with E-state index in [1.54, 1.807) is 0 Å². The van der Waals surface area contributed by atoms with E-state index in [2.05, 4.69) is 6.58 Å². The zero-order chi connectivity index (χ0) is 10.1. The van der Waals surface area contributed by atoms with Crippen molar-refractivity contribution < 1.29 is 14.7 Å². The summed E-state index contributed by atoms with van der Waals surface area (Å²) in [5.74, 6) is -0.909. The Morgan fingerprint density at radius 3 is 2.38 bits per heavy atom. The van der Waals surface area contributed by atoms with Gasteiger partial charge >= 0.3 is 5.97 Å². The Bertz CT molecular complexity index is 185. The Morgan fingerprint density at radius 2 is 1.85 bits per heavy atom. The van der Waals surface area contributed by atoms with Crippen molar-refractivity contribution in [1.82, 2.24) is 0 Å². The van der Waals surface area contributed by atoms with Gasteiger partial charge in [-0.3, -0.25) is 0 Å². The lowest BCUT2D eigenvalue weighted by Gasteiger charge is -1.99. The maximum absolute atomic E-state index is 10.3. The topological polar surface area (TPSA) is 54.4 Å². The molecule has 0 heterocycles. The minimum Gasteiger partial charge on any atom is -0.478 e. The van der Waals surface area contributed by atoms with Crippen LogP contribution in [-0.2, 0) is 9.59 Å². The van der Waals surface area contributed by atoms with E-state index in [-0.39, 0.29) is 5.57 Å². The van der Waals surface area contributed by atoms with Gasteiger partial charge in [0.2, 0.25) is 0 Å². The quantitative estimate of drug-likeness (QED) is 0.357. The van der Waals surface area contributed by atoms with Gasteiger partial charge in [-0.05, 0) is 19.3 Å². The molecule has 0 spiro atoms. The van der Waals surface area contributed by atoms with Crippen LogP contribution in [0.2, 0.25) is 0 Å². The molecule has 0 aromatic carbocycles. The van der Waals surface area contributed by atoms with Crippen molar-refractivity contribution in [2.45, 2.75) is 38.5 Å². The van der Waals surface area contributed by atoms with Crippen LogP contribution in [0.25, 0.3) is 0 Å². The zero-order valence-electron chi connectivity index (χ0n) is 7.79. The second-order valence-corrected chi connectivity index (χ2v) is 3.03. The number of carboxylic acid groups (broad SMARTS) is 1. The van der Waals surface area contributed by atoms with E-state index in [0.717, 1.165) is 32.0 Å². The molecule has 0 aliphatic heterocycles. The van der Waals surface area contributed by atoms with Crippen LogP contribution in [0.15, 0.2) is 12.2 Å². The maximum atomic E-state index is 10.3. The Balaban J connectivity index is 3.21. The number of hydrogen-bond acceptors (Lipinski definition) is 2. The summed E-state index contributed by atoms with van der Waals surface area (Å²) in [7, 11) is 0. The van der Waals surface area contributed by atoms with Gasteiger partial charge in [-0.25, -0.2) is 4.79 Å². The molecule has 0 saturated carbocycles. The van der Waals surface area contributed by atoms with Crippen LogP contribution in [0.4, 0.5) is 0 Å². The molecular formula is C10H16O3. The molecule has 0 radical (unpaired) electrons. The fourth-order valence-electron chi connectivity index (χ4n) is 1.03. The number of carboxylic acids is 1. The van der Waals surface area contributed by atoms with Crippen LogP contribution < -0.4 is 0 Å². The number of aldehydes is 1. The molecule has 0 saturated heterocycles. The fraction of sp³-hybridized carbons (Fsp3) is 0.600. The van der Waals surface area contributed by atoms with Crippen LogP contribution in [0.5, 0.6) is 0 Å². The SMILES string of the molecule is C=C(CCCCCCC=O)C(=O)O. The predicted octanol–water partition coefficient (Wildman–Crippen LogP) is 2.17. The number of aliphatic carboxylic acids is 1. The van der Waals surface area contributed by atoms with Crippen LogP contribution in [0, 0.1) is 0 Å². The standard InChI is InChI=1S/C10H16O3/c1-9(10(12)13)7-5-3-2-4-6-8-11/h8H,1-7H2,(H,12,13). The first-order chi connectivity index (χ1) is 6.18. The second-order valence-electron chi connectivity index (χ2n) is 3.03. The van der Waals surface area contributed by atoms with Crippen molar-refractivity contribution in [3.63, 3.8) is 0 Å². The maximum Gasteiger partial charge on any atom is 0.330 e. The lowest BCUT2D eigenvalue weighted by molar-refractivity contribution is -0.132. The average Bonchev–Trinajstić information content (AvgIpc) is 2.10. The highest BCUT2D eigenvalue weighted by Crippen LogP contribution is 2.09. The van der Waals surface area contributed by atoms with Crippen molar-refractivity contribution in [3.05, 3.63) is 12.2 Å². The van der Waals surface area contributed by atoms with Crippen LogP contribution in [-0.4, -0.2) is 17.4 Å². The highest BCUT2D eigenvalue weighted by Gasteiger charge is 2.02. The van der Waals surface area contributed by atoms with Crippen LogP contribution in [0.3, 0.4) is 0 Å². The summed E-state index contributed by atoms with van der Waals surface area (Å²) in [6.45, 7) is 3.43. The van der Waals surface area contributed by atoms with Crippen LogP contribution >= 0.6 is 0 Å². The lowest BCUT2D eigenvalue weighted by Crippen LogP contribution is -1.98. The molecule has 13 heavy (non-hydrogen) atoms. The smallest absolute Gasteiger partial charge is 0.330 e. The summed E-state index contributed by atoms with van der Waals surface area (Å²) in [4.78, 5) is 20.3. The van der Waals surface area contributed by atoms with Gasteiger partial charge in [-0.2, -0.15) is 0 Å². The molecule has 0 aliphatic rings. The predicted molar refractivity (Wildman–Crippen MR) is 50.5 cm³/mol. The zero-order valence-corrected chi connectivity index (χ0v) is 7.79. The Labute approximate surface area is 78.5 Å². The average molecular weight is 184 g/mol. The van der Waals surface area contributed by atoms with Crippen LogP contribution in [0.1, 0.15) is 38.5 Å². The molecule has 0 rings (SSSR count). The molecule has 1 N–H and O–H groups in total. The van der Waals surface area contributed by atoms with Gasteiger partial charge in [0.25, 0.3) is 0 Å². The molecule has 74 valence electrons. The van der Waals surface area contributed by atoms with Crippen molar-refractivity contribution in [2.24, 2.45) is 0 Å². The van der Waals surface area contributed by atoms with Gasteiger partial charge in [-0.1, -0.05) is 19.4 Å². The van der Waals surface area contributed by atoms with E-state index in [4.69, 9.17) is 5.11 Å². The molecule has 0 amide bonds. The summed E-state index contributed by atoms with van der Waals surface area (Å²) in [6.07, 6.45) is 5.80. The molecule has 0 unspecified atom stereocenters. The summed E-state index contributed by atoms with van der Waals surface area (Å²) in [5.41, 5.74) is 0.274. The highest BCUT2D eigenvalue weighted by molar-refractivity contribution is 5.85. The van der Waals surface area contributed by atoms with Gasteiger partial charge in [-0.15, -0.1) is 0 Å².